The number of hydrogen-bond donors (Lipinski definition) is 3. The maximum atomic E-state index is 12.8. The second-order valence-electron chi connectivity index (χ2n) is 6.02. The lowest BCUT2D eigenvalue weighted by Gasteiger charge is -2.39. The van der Waals surface area contributed by atoms with Gasteiger partial charge in [-0.1, -0.05) is 12.1 Å². The summed E-state index contributed by atoms with van der Waals surface area (Å²) < 4.78 is 12.8. The van der Waals surface area contributed by atoms with Gasteiger partial charge in [-0.25, -0.2) is 9.82 Å². The van der Waals surface area contributed by atoms with E-state index < -0.39 is 0 Å². The average molecular weight is 320 g/mol. The molecule has 2 fully saturated rings. The van der Waals surface area contributed by atoms with Crippen LogP contribution in [-0.2, 0) is 16.0 Å². The van der Waals surface area contributed by atoms with Gasteiger partial charge in [0, 0.05) is 26.2 Å². The van der Waals surface area contributed by atoms with Gasteiger partial charge in [0.25, 0.3) is 0 Å². The van der Waals surface area contributed by atoms with Gasteiger partial charge >= 0.3 is 0 Å². The van der Waals surface area contributed by atoms with Crippen LogP contribution in [0.1, 0.15) is 12.0 Å². The first kappa shape index (κ1) is 15.9. The Bertz CT molecular complexity index is 566. The van der Waals surface area contributed by atoms with Crippen LogP contribution in [0.25, 0.3) is 0 Å². The molecule has 3 rings (SSSR count). The summed E-state index contributed by atoms with van der Waals surface area (Å²) in [6.07, 6.45) is 1.45. The Morgan fingerprint density at radius 1 is 1.26 bits per heavy atom. The lowest BCUT2D eigenvalue weighted by atomic mass is 9.97. The minimum Gasteiger partial charge on any atom is -0.355 e. The predicted octanol–water partition coefficient (Wildman–Crippen LogP) is -0.191. The number of hydrogen-bond acceptors (Lipinski definition) is 4. The summed E-state index contributed by atoms with van der Waals surface area (Å²) in [6, 6.07) is 6.09. The van der Waals surface area contributed by atoms with Crippen LogP contribution in [-0.4, -0.2) is 48.9 Å². The Morgan fingerprint density at radius 3 is 2.65 bits per heavy atom. The van der Waals surface area contributed by atoms with Crippen molar-refractivity contribution in [3.63, 3.8) is 0 Å². The second-order valence-corrected chi connectivity index (χ2v) is 6.02. The molecule has 0 radical (unpaired) electrons. The topological polar surface area (TPSA) is 73.5 Å². The first-order valence-corrected chi connectivity index (χ1v) is 7.93. The molecule has 23 heavy (non-hydrogen) atoms. The highest BCUT2D eigenvalue weighted by Gasteiger charge is 2.38. The summed E-state index contributed by atoms with van der Waals surface area (Å²) in [5.74, 6) is -0.343. The molecule has 2 aliphatic rings. The molecule has 0 bridgehead atoms. The molecule has 2 aliphatic heterocycles. The first-order chi connectivity index (χ1) is 11.1. The molecule has 2 heterocycles. The van der Waals surface area contributed by atoms with Gasteiger partial charge in [-0.2, -0.15) is 0 Å². The Hall–Kier alpha value is -1.99. The van der Waals surface area contributed by atoms with Crippen LogP contribution in [0.4, 0.5) is 4.39 Å². The molecule has 7 heteroatoms. The van der Waals surface area contributed by atoms with Crippen molar-refractivity contribution in [2.45, 2.75) is 18.9 Å². The molecule has 2 saturated heterocycles. The van der Waals surface area contributed by atoms with Crippen molar-refractivity contribution < 1.29 is 14.0 Å². The predicted molar refractivity (Wildman–Crippen MR) is 82.7 cm³/mol. The van der Waals surface area contributed by atoms with Crippen LogP contribution in [0.2, 0.25) is 0 Å². The molecule has 0 saturated carbocycles. The number of amides is 2. The number of nitrogens with one attached hydrogen (secondary N) is 3. The van der Waals surface area contributed by atoms with Gasteiger partial charge in [-0.15, -0.1) is 0 Å². The van der Waals surface area contributed by atoms with Crippen LogP contribution in [0.15, 0.2) is 24.3 Å². The van der Waals surface area contributed by atoms with Crippen molar-refractivity contribution in [1.29, 1.82) is 0 Å². The van der Waals surface area contributed by atoms with Crippen molar-refractivity contribution in [3.05, 3.63) is 35.6 Å². The molecule has 6 nitrogen and oxygen atoms in total. The fourth-order valence-electron chi connectivity index (χ4n) is 2.84. The summed E-state index contributed by atoms with van der Waals surface area (Å²) in [5, 5.41) is 2.88. The van der Waals surface area contributed by atoms with Crippen LogP contribution < -0.4 is 16.2 Å². The number of halogens is 1. The third kappa shape index (κ3) is 3.86. The smallest absolute Gasteiger partial charge is 0.241 e. The molecule has 124 valence electrons. The minimum atomic E-state index is -0.260. The summed E-state index contributed by atoms with van der Waals surface area (Å²) in [7, 11) is 0. The van der Waals surface area contributed by atoms with Crippen LogP contribution >= 0.6 is 0 Å². The van der Waals surface area contributed by atoms with E-state index in [4.69, 9.17) is 0 Å². The van der Waals surface area contributed by atoms with Crippen LogP contribution in [0.3, 0.4) is 0 Å². The molecule has 1 atom stereocenters. The SMILES string of the molecule is O=C(NCCc1ccc(F)cc1)C1CN(C(=O)C2CCNN2)C1. The third-order valence-electron chi connectivity index (χ3n) is 4.32. The number of nitrogens with zero attached hydrogens (tertiary/aromatic N) is 1. The van der Waals surface area contributed by atoms with E-state index >= 15 is 0 Å². The Kier molecular flexibility index (Phi) is 4.88. The van der Waals surface area contributed by atoms with E-state index in [9.17, 15) is 14.0 Å². The number of rotatable bonds is 5. The lowest BCUT2D eigenvalue weighted by molar-refractivity contribution is -0.144. The number of benzene rings is 1. The lowest BCUT2D eigenvalue weighted by Crippen LogP contribution is -2.59. The van der Waals surface area contributed by atoms with Gasteiger partial charge in [0.05, 0.1) is 5.92 Å². The number of likely N-dealkylation sites (tertiary alicyclic amines) is 1. The average Bonchev–Trinajstić information content (AvgIpc) is 3.02. The Morgan fingerprint density at radius 2 is 2.00 bits per heavy atom. The van der Waals surface area contributed by atoms with Crippen molar-refractivity contribution in [3.8, 4) is 0 Å². The van der Waals surface area contributed by atoms with E-state index in [0.29, 0.717) is 26.1 Å². The molecule has 2 amide bonds. The molecule has 0 aromatic heterocycles. The fraction of sp³-hybridized carbons (Fsp3) is 0.500. The molecular formula is C16H21FN4O2. The molecule has 1 aromatic carbocycles. The highest BCUT2D eigenvalue weighted by molar-refractivity contribution is 5.87. The fourth-order valence-corrected chi connectivity index (χ4v) is 2.84. The van der Waals surface area contributed by atoms with E-state index in [2.05, 4.69) is 16.2 Å². The van der Waals surface area contributed by atoms with E-state index in [1.807, 2.05) is 0 Å². The van der Waals surface area contributed by atoms with E-state index in [1.54, 1.807) is 17.0 Å². The summed E-state index contributed by atoms with van der Waals surface area (Å²) in [6.45, 7) is 2.28. The van der Waals surface area contributed by atoms with E-state index in [1.165, 1.54) is 12.1 Å². The largest absolute Gasteiger partial charge is 0.355 e. The Labute approximate surface area is 134 Å². The number of hydrazine groups is 1. The summed E-state index contributed by atoms with van der Waals surface area (Å²) in [5.41, 5.74) is 6.86. The van der Waals surface area contributed by atoms with Crippen LogP contribution in [0, 0.1) is 11.7 Å². The van der Waals surface area contributed by atoms with Gasteiger partial charge in [0.15, 0.2) is 0 Å². The monoisotopic (exact) mass is 320 g/mol. The summed E-state index contributed by atoms with van der Waals surface area (Å²) >= 11 is 0. The molecule has 1 unspecified atom stereocenters. The van der Waals surface area contributed by atoms with Crippen molar-refractivity contribution >= 4 is 11.8 Å². The van der Waals surface area contributed by atoms with Gasteiger partial charge in [-0.05, 0) is 30.5 Å². The normalized spacial score (nSPS) is 21.1. The van der Waals surface area contributed by atoms with E-state index in [-0.39, 0.29) is 29.6 Å². The van der Waals surface area contributed by atoms with Gasteiger partial charge in [0.2, 0.25) is 11.8 Å². The maximum Gasteiger partial charge on any atom is 0.241 e. The van der Waals surface area contributed by atoms with E-state index in [0.717, 1.165) is 18.5 Å². The maximum absolute atomic E-state index is 12.8. The van der Waals surface area contributed by atoms with Crippen molar-refractivity contribution in [1.82, 2.24) is 21.1 Å². The van der Waals surface area contributed by atoms with Crippen LogP contribution in [0.5, 0.6) is 0 Å². The Balaban J connectivity index is 1.35. The van der Waals surface area contributed by atoms with Gasteiger partial charge in [-0.3, -0.25) is 15.0 Å². The zero-order valence-corrected chi connectivity index (χ0v) is 12.8. The third-order valence-corrected chi connectivity index (χ3v) is 4.32. The number of carbonyl (C=O) groups excluding carboxylic acids is 2. The molecule has 0 aliphatic carbocycles. The molecule has 1 aromatic rings. The quantitative estimate of drug-likeness (QED) is 0.703. The highest BCUT2D eigenvalue weighted by Crippen LogP contribution is 2.18. The zero-order valence-electron chi connectivity index (χ0n) is 12.8. The number of carbonyl (C=O) groups is 2. The van der Waals surface area contributed by atoms with Crippen molar-refractivity contribution in [2.75, 3.05) is 26.2 Å². The second kappa shape index (κ2) is 7.06. The summed E-state index contributed by atoms with van der Waals surface area (Å²) in [4.78, 5) is 25.8. The van der Waals surface area contributed by atoms with Gasteiger partial charge < -0.3 is 10.2 Å². The zero-order chi connectivity index (χ0) is 16.2. The highest BCUT2D eigenvalue weighted by atomic mass is 19.1. The minimum absolute atomic E-state index is 0.0198. The molecular weight excluding hydrogens is 299 g/mol. The first-order valence-electron chi connectivity index (χ1n) is 7.93. The standard InChI is InChI=1S/C16H21FN4O2/c17-13-3-1-11(2-4-13)5-7-18-15(22)12-9-21(10-12)16(23)14-6-8-19-20-14/h1-4,12,14,19-20H,5-10H2,(H,18,22). The molecule has 3 N–H and O–H groups in total. The van der Waals surface area contributed by atoms with Gasteiger partial charge in [0.1, 0.15) is 11.9 Å². The van der Waals surface area contributed by atoms with Crippen molar-refractivity contribution in [2.24, 2.45) is 5.92 Å². The molecule has 0 spiro atoms.